The molecule has 0 atom stereocenters. The first kappa shape index (κ1) is 12.6. The molecule has 0 aliphatic carbocycles. The van der Waals surface area contributed by atoms with E-state index >= 15 is 0 Å². The van der Waals surface area contributed by atoms with Gasteiger partial charge in [0, 0.05) is 18.6 Å². The molecule has 0 fully saturated rings. The van der Waals surface area contributed by atoms with Gasteiger partial charge in [-0.3, -0.25) is 0 Å². The lowest BCUT2D eigenvalue weighted by Crippen LogP contribution is -2.00. The highest BCUT2D eigenvalue weighted by molar-refractivity contribution is 9.10. The fourth-order valence-electron chi connectivity index (χ4n) is 1.83. The van der Waals surface area contributed by atoms with E-state index in [0.717, 1.165) is 0 Å². The summed E-state index contributed by atoms with van der Waals surface area (Å²) < 4.78 is 15.5. The van der Waals surface area contributed by atoms with E-state index in [1.165, 1.54) is 18.2 Å². The number of halogens is 2. The molecule has 98 valence electrons. The SMILES string of the molecule is N#Cc1cc(F)ccc1Nc1nc(Br)cn2ccnc12. The van der Waals surface area contributed by atoms with E-state index in [0.29, 0.717) is 21.8 Å². The Kier molecular flexibility index (Phi) is 3.08. The second-order valence-electron chi connectivity index (χ2n) is 4.00. The third kappa shape index (κ3) is 2.21. The van der Waals surface area contributed by atoms with Gasteiger partial charge in [0.2, 0.25) is 0 Å². The molecule has 2 heterocycles. The molecule has 2 aromatic heterocycles. The maximum atomic E-state index is 13.1. The molecule has 0 aliphatic rings. The van der Waals surface area contributed by atoms with Gasteiger partial charge >= 0.3 is 0 Å². The zero-order chi connectivity index (χ0) is 14.1. The predicted molar refractivity (Wildman–Crippen MR) is 75.1 cm³/mol. The van der Waals surface area contributed by atoms with Gasteiger partial charge in [-0.15, -0.1) is 0 Å². The fraction of sp³-hybridized carbons (Fsp3) is 0. The lowest BCUT2D eigenvalue weighted by atomic mass is 10.2. The molecular weight excluding hydrogens is 325 g/mol. The van der Waals surface area contributed by atoms with Crippen LogP contribution in [0.1, 0.15) is 5.56 Å². The number of benzene rings is 1. The minimum Gasteiger partial charge on any atom is -0.336 e. The Morgan fingerprint density at radius 2 is 2.25 bits per heavy atom. The molecule has 0 unspecified atom stereocenters. The molecule has 1 N–H and O–H groups in total. The van der Waals surface area contributed by atoms with Crippen LogP contribution in [0.2, 0.25) is 0 Å². The maximum absolute atomic E-state index is 13.1. The quantitative estimate of drug-likeness (QED) is 0.782. The molecule has 0 saturated carbocycles. The molecule has 0 aliphatic heterocycles. The van der Waals surface area contributed by atoms with Crippen molar-refractivity contribution in [1.82, 2.24) is 14.4 Å². The number of hydrogen-bond acceptors (Lipinski definition) is 4. The molecule has 0 saturated heterocycles. The number of aromatic nitrogens is 3. The third-order valence-electron chi connectivity index (χ3n) is 2.70. The van der Waals surface area contributed by atoms with Gasteiger partial charge in [-0.25, -0.2) is 14.4 Å². The van der Waals surface area contributed by atoms with Crippen molar-refractivity contribution in [3.63, 3.8) is 0 Å². The second-order valence-corrected chi connectivity index (χ2v) is 4.81. The minimum atomic E-state index is -0.458. The average molecular weight is 332 g/mol. The monoisotopic (exact) mass is 331 g/mol. The highest BCUT2D eigenvalue weighted by Crippen LogP contribution is 2.24. The normalized spacial score (nSPS) is 10.4. The largest absolute Gasteiger partial charge is 0.336 e. The summed E-state index contributed by atoms with van der Waals surface area (Å²) in [4.78, 5) is 8.47. The van der Waals surface area contributed by atoms with Crippen LogP contribution in [0.3, 0.4) is 0 Å². The van der Waals surface area contributed by atoms with Crippen LogP contribution in [0.5, 0.6) is 0 Å². The van der Waals surface area contributed by atoms with Crippen molar-refractivity contribution in [3.8, 4) is 6.07 Å². The molecule has 0 spiro atoms. The topological polar surface area (TPSA) is 66.0 Å². The number of hydrogen-bond donors (Lipinski definition) is 1. The molecule has 0 amide bonds. The second kappa shape index (κ2) is 4.90. The van der Waals surface area contributed by atoms with Crippen molar-refractivity contribution in [2.24, 2.45) is 0 Å². The number of nitrogens with zero attached hydrogens (tertiary/aromatic N) is 4. The number of nitrogens with one attached hydrogen (secondary N) is 1. The van der Waals surface area contributed by atoms with Gasteiger partial charge in [0.15, 0.2) is 11.5 Å². The lowest BCUT2D eigenvalue weighted by molar-refractivity contribution is 0.627. The highest BCUT2D eigenvalue weighted by atomic mass is 79.9. The Labute approximate surface area is 121 Å². The van der Waals surface area contributed by atoms with Gasteiger partial charge < -0.3 is 9.72 Å². The minimum absolute atomic E-state index is 0.205. The van der Waals surface area contributed by atoms with Crippen molar-refractivity contribution in [2.75, 3.05) is 5.32 Å². The van der Waals surface area contributed by atoms with Crippen LogP contribution >= 0.6 is 15.9 Å². The molecule has 0 bridgehead atoms. The first-order valence-electron chi connectivity index (χ1n) is 5.63. The van der Waals surface area contributed by atoms with Crippen molar-refractivity contribution in [2.45, 2.75) is 0 Å². The molecule has 20 heavy (non-hydrogen) atoms. The van der Waals surface area contributed by atoms with Crippen LogP contribution < -0.4 is 5.32 Å². The Morgan fingerprint density at radius 3 is 3.05 bits per heavy atom. The number of imidazole rings is 1. The van der Waals surface area contributed by atoms with E-state index < -0.39 is 5.82 Å². The van der Waals surface area contributed by atoms with E-state index in [9.17, 15) is 4.39 Å². The summed E-state index contributed by atoms with van der Waals surface area (Å²) in [5.41, 5.74) is 1.29. The summed E-state index contributed by atoms with van der Waals surface area (Å²) in [7, 11) is 0. The van der Waals surface area contributed by atoms with Gasteiger partial charge in [0.25, 0.3) is 0 Å². The number of nitriles is 1. The molecule has 0 radical (unpaired) electrons. The third-order valence-corrected chi connectivity index (χ3v) is 3.08. The van der Waals surface area contributed by atoms with E-state index in [2.05, 4.69) is 31.2 Å². The van der Waals surface area contributed by atoms with Gasteiger partial charge in [-0.05, 0) is 34.1 Å². The molecular formula is C13H7BrFN5. The Bertz CT molecular complexity index is 836. The first-order valence-corrected chi connectivity index (χ1v) is 6.42. The Hall–Kier alpha value is -2.46. The van der Waals surface area contributed by atoms with Crippen LogP contribution in [0.15, 0.2) is 41.4 Å². The lowest BCUT2D eigenvalue weighted by Gasteiger charge is -2.09. The summed E-state index contributed by atoms with van der Waals surface area (Å²) in [6.07, 6.45) is 5.19. The number of rotatable bonds is 2. The Morgan fingerprint density at radius 1 is 1.40 bits per heavy atom. The van der Waals surface area contributed by atoms with Crippen molar-refractivity contribution in [3.05, 3.63) is 52.8 Å². The summed E-state index contributed by atoms with van der Waals surface area (Å²) in [5, 5.41) is 12.0. The van der Waals surface area contributed by atoms with E-state index in [-0.39, 0.29) is 5.56 Å². The summed E-state index contributed by atoms with van der Waals surface area (Å²) in [6, 6.07) is 5.89. The average Bonchev–Trinajstić information content (AvgIpc) is 2.88. The molecule has 1 aromatic carbocycles. The van der Waals surface area contributed by atoms with E-state index in [1.807, 2.05) is 6.07 Å². The van der Waals surface area contributed by atoms with Crippen molar-refractivity contribution >= 4 is 33.1 Å². The number of fused-ring (bicyclic) bond motifs is 1. The maximum Gasteiger partial charge on any atom is 0.180 e. The van der Waals surface area contributed by atoms with Crippen molar-refractivity contribution < 1.29 is 4.39 Å². The summed E-state index contributed by atoms with van der Waals surface area (Å²) in [5.74, 6) is 0.0211. The first-order chi connectivity index (χ1) is 9.67. The van der Waals surface area contributed by atoms with Gasteiger partial charge in [0.05, 0.1) is 11.3 Å². The molecule has 5 nitrogen and oxygen atoms in total. The van der Waals surface area contributed by atoms with Gasteiger partial charge in [0.1, 0.15) is 16.5 Å². The standard InChI is InChI=1S/C13H7BrFN5/c14-11-7-20-4-3-17-13(20)12(19-11)18-10-2-1-9(15)5-8(10)6-16/h1-5,7H,(H,18,19). The van der Waals surface area contributed by atoms with Crippen LogP contribution in [0, 0.1) is 17.1 Å². The van der Waals surface area contributed by atoms with E-state index in [1.54, 1.807) is 23.0 Å². The van der Waals surface area contributed by atoms with Crippen LogP contribution in [0.4, 0.5) is 15.9 Å². The highest BCUT2D eigenvalue weighted by Gasteiger charge is 2.10. The molecule has 7 heteroatoms. The van der Waals surface area contributed by atoms with Crippen molar-refractivity contribution in [1.29, 1.82) is 5.26 Å². The summed E-state index contributed by atoms with van der Waals surface area (Å²) in [6.45, 7) is 0. The predicted octanol–water partition coefficient (Wildman–Crippen LogP) is 3.25. The summed E-state index contributed by atoms with van der Waals surface area (Å²) >= 11 is 3.30. The zero-order valence-electron chi connectivity index (χ0n) is 10.0. The molecule has 3 rings (SSSR count). The number of anilines is 2. The zero-order valence-corrected chi connectivity index (χ0v) is 11.6. The van der Waals surface area contributed by atoms with E-state index in [4.69, 9.17) is 5.26 Å². The molecule has 3 aromatic rings. The van der Waals surface area contributed by atoms with Crippen LogP contribution in [-0.4, -0.2) is 14.4 Å². The van der Waals surface area contributed by atoms with Gasteiger partial charge in [-0.1, -0.05) is 0 Å². The van der Waals surface area contributed by atoms with Crippen LogP contribution in [-0.2, 0) is 0 Å². The smallest absolute Gasteiger partial charge is 0.180 e. The fourth-order valence-corrected chi connectivity index (χ4v) is 2.23. The Balaban J connectivity index is 2.10. The van der Waals surface area contributed by atoms with Gasteiger partial charge in [-0.2, -0.15) is 5.26 Å². The van der Waals surface area contributed by atoms with Crippen LogP contribution in [0.25, 0.3) is 5.65 Å².